The van der Waals surface area contributed by atoms with E-state index >= 15 is 0 Å². The highest BCUT2D eigenvalue weighted by molar-refractivity contribution is 5.92. The van der Waals surface area contributed by atoms with Crippen LogP contribution in [-0.4, -0.2) is 23.4 Å². The van der Waals surface area contributed by atoms with E-state index in [2.05, 4.69) is 17.1 Å². The first-order valence-corrected chi connectivity index (χ1v) is 8.56. The minimum absolute atomic E-state index is 0.122. The molecule has 1 aliphatic carbocycles. The predicted octanol–water partition coefficient (Wildman–Crippen LogP) is 4.20. The quantitative estimate of drug-likeness (QED) is 0.816. The van der Waals surface area contributed by atoms with Crippen molar-refractivity contribution in [3.05, 3.63) is 65.7 Å². The highest BCUT2D eigenvalue weighted by Crippen LogP contribution is 2.35. The van der Waals surface area contributed by atoms with Crippen LogP contribution in [0.3, 0.4) is 0 Å². The van der Waals surface area contributed by atoms with Crippen molar-refractivity contribution in [3.8, 4) is 0 Å². The maximum Gasteiger partial charge on any atom is 0.238 e. The van der Waals surface area contributed by atoms with Gasteiger partial charge >= 0.3 is 0 Å². The van der Waals surface area contributed by atoms with Crippen molar-refractivity contribution >= 4 is 11.6 Å². The Morgan fingerprint density at radius 3 is 2.60 bits per heavy atom. The summed E-state index contributed by atoms with van der Waals surface area (Å²) < 4.78 is 27.0. The monoisotopic (exact) mass is 344 g/mol. The number of hydrogen-bond donors (Lipinski definition) is 1. The number of amides is 1. The van der Waals surface area contributed by atoms with Gasteiger partial charge in [0, 0.05) is 18.7 Å². The van der Waals surface area contributed by atoms with Crippen LogP contribution in [0, 0.1) is 17.6 Å². The van der Waals surface area contributed by atoms with Gasteiger partial charge < -0.3 is 5.32 Å². The lowest BCUT2D eigenvalue weighted by atomic mass is 10.1. The molecule has 0 heterocycles. The van der Waals surface area contributed by atoms with Crippen LogP contribution in [0.1, 0.15) is 25.3 Å². The molecule has 2 aromatic rings. The summed E-state index contributed by atoms with van der Waals surface area (Å²) in [7, 11) is 0. The van der Waals surface area contributed by atoms with Crippen LogP contribution in [0.15, 0.2) is 48.5 Å². The van der Waals surface area contributed by atoms with Crippen LogP contribution >= 0.6 is 0 Å². The number of rotatable bonds is 7. The highest BCUT2D eigenvalue weighted by atomic mass is 19.1. The van der Waals surface area contributed by atoms with E-state index in [0.717, 1.165) is 23.8 Å². The third kappa shape index (κ3) is 4.86. The largest absolute Gasteiger partial charge is 0.322 e. The minimum Gasteiger partial charge on any atom is -0.322 e. The van der Waals surface area contributed by atoms with E-state index in [-0.39, 0.29) is 24.2 Å². The van der Waals surface area contributed by atoms with Crippen molar-refractivity contribution in [2.75, 3.05) is 11.9 Å². The Labute approximate surface area is 146 Å². The number of nitrogens with one attached hydrogen (secondary N) is 1. The summed E-state index contributed by atoms with van der Waals surface area (Å²) in [5.74, 6) is -0.959. The second-order valence-electron chi connectivity index (χ2n) is 6.64. The van der Waals surface area contributed by atoms with Crippen LogP contribution in [0.25, 0.3) is 0 Å². The van der Waals surface area contributed by atoms with Crippen LogP contribution in [0.4, 0.5) is 14.5 Å². The smallest absolute Gasteiger partial charge is 0.238 e. The molecule has 1 N–H and O–H groups in total. The molecule has 0 saturated heterocycles. The zero-order valence-electron chi connectivity index (χ0n) is 14.2. The fourth-order valence-corrected chi connectivity index (χ4v) is 3.01. The molecular weight excluding hydrogens is 322 g/mol. The molecule has 0 unspecified atom stereocenters. The first-order valence-electron chi connectivity index (χ1n) is 8.56. The SMILES string of the molecule is C[C@H](C1CC1)N(CC(=O)Nc1cc(F)ccc1F)Cc1ccccc1. The first kappa shape index (κ1) is 17.5. The third-order valence-corrected chi connectivity index (χ3v) is 4.66. The summed E-state index contributed by atoms with van der Waals surface area (Å²) in [5.41, 5.74) is 1.00. The molecule has 1 aliphatic rings. The second kappa shape index (κ2) is 7.74. The van der Waals surface area contributed by atoms with Crippen molar-refractivity contribution in [2.24, 2.45) is 5.92 Å². The Balaban J connectivity index is 1.68. The molecule has 5 heteroatoms. The molecule has 0 spiro atoms. The molecule has 0 bridgehead atoms. The van der Waals surface area contributed by atoms with Gasteiger partial charge in [-0.05, 0) is 43.4 Å². The van der Waals surface area contributed by atoms with Gasteiger partial charge in [-0.25, -0.2) is 8.78 Å². The van der Waals surface area contributed by atoms with E-state index in [9.17, 15) is 13.6 Å². The van der Waals surface area contributed by atoms with Crippen LogP contribution in [0.5, 0.6) is 0 Å². The molecule has 25 heavy (non-hydrogen) atoms. The van der Waals surface area contributed by atoms with E-state index < -0.39 is 11.6 Å². The lowest BCUT2D eigenvalue weighted by molar-refractivity contribution is -0.118. The summed E-state index contributed by atoms with van der Waals surface area (Å²) in [6, 6.07) is 13.3. The average molecular weight is 344 g/mol. The molecule has 1 saturated carbocycles. The number of carbonyl (C=O) groups excluding carboxylic acids is 1. The summed E-state index contributed by atoms with van der Waals surface area (Å²) in [5, 5.41) is 2.49. The molecule has 0 aromatic heterocycles. The molecule has 3 rings (SSSR count). The number of halogens is 2. The number of anilines is 1. The fourth-order valence-electron chi connectivity index (χ4n) is 3.01. The van der Waals surface area contributed by atoms with Gasteiger partial charge in [-0.1, -0.05) is 30.3 Å². The summed E-state index contributed by atoms with van der Waals surface area (Å²) in [6.07, 6.45) is 2.35. The van der Waals surface area contributed by atoms with Crippen LogP contribution in [-0.2, 0) is 11.3 Å². The summed E-state index contributed by atoms with van der Waals surface area (Å²) in [6.45, 7) is 2.91. The van der Waals surface area contributed by atoms with Crippen molar-refractivity contribution in [3.63, 3.8) is 0 Å². The molecule has 0 aliphatic heterocycles. The third-order valence-electron chi connectivity index (χ3n) is 4.66. The standard InChI is InChI=1S/C20H22F2N2O/c1-14(16-7-8-16)24(12-15-5-3-2-4-6-15)13-20(25)23-19-11-17(21)9-10-18(19)22/h2-6,9-11,14,16H,7-8,12-13H2,1H3,(H,23,25)/t14-/m1/s1. The normalized spacial score (nSPS) is 15.2. The maximum absolute atomic E-state index is 13.7. The second-order valence-corrected chi connectivity index (χ2v) is 6.64. The fraction of sp³-hybridized carbons (Fsp3) is 0.350. The Bertz CT molecular complexity index is 732. The zero-order chi connectivity index (χ0) is 17.8. The summed E-state index contributed by atoms with van der Waals surface area (Å²) >= 11 is 0. The Kier molecular flexibility index (Phi) is 5.43. The Morgan fingerprint density at radius 1 is 1.20 bits per heavy atom. The zero-order valence-corrected chi connectivity index (χ0v) is 14.2. The van der Waals surface area contributed by atoms with E-state index in [0.29, 0.717) is 12.5 Å². The number of benzene rings is 2. The van der Waals surface area contributed by atoms with Gasteiger partial charge in [-0.3, -0.25) is 9.69 Å². The van der Waals surface area contributed by atoms with Crippen molar-refractivity contribution < 1.29 is 13.6 Å². The Morgan fingerprint density at radius 2 is 1.92 bits per heavy atom. The van der Waals surface area contributed by atoms with E-state index in [4.69, 9.17) is 0 Å². The van der Waals surface area contributed by atoms with Gasteiger partial charge in [-0.15, -0.1) is 0 Å². The highest BCUT2D eigenvalue weighted by Gasteiger charge is 2.32. The van der Waals surface area contributed by atoms with Crippen LogP contribution in [0.2, 0.25) is 0 Å². The molecule has 3 nitrogen and oxygen atoms in total. The molecule has 1 fully saturated rings. The lowest BCUT2D eigenvalue weighted by Crippen LogP contribution is -2.40. The molecule has 0 radical (unpaired) electrons. The molecular formula is C20H22F2N2O. The van der Waals surface area contributed by atoms with Gasteiger partial charge in [0.2, 0.25) is 5.91 Å². The van der Waals surface area contributed by atoms with E-state index in [1.807, 2.05) is 30.3 Å². The number of nitrogens with zero attached hydrogens (tertiary/aromatic N) is 1. The Hall–Kier alpha value is -2.27. The van der Waals surface area contributed by atoms with Gasteiger partial charge in [0.15, 0.2) is 0 Å². The van der Waals surface area contributed by atoms with Gasteiger partial charge in [0.25, 0.3) is 0 Å². The molecule has 2 aromatic carbocycles. The first-order chi connectivity index (χ1) is 12.0. The number of carbonyl (C=O) groups is 1. The van der Waals surface area contributed by atoms with E-state index in [1.54, 1.807) is 0 Å². The molecule has 1 atom stereocenters. The lowest BCUT2D eigenvalue weighted by Gasteiger charge is -2.28. The average Bonchev–Trinajstić information content (AvgIpc) is 3.43. The minimum atomic E-state index is -0.639. The summed E-state index contributed by atoms with van der Waals surface area (Å²) in [4.78, 5) is 14.5. The van der Waals surface area contributed by atoms with Crippen LogP contribution < -0.4 is 5.32 Å². The number of hydrogen-bond acceptors (Lipinski definition) is 2. The molecule has 132 valence electrons. The van der Waals surface area contributed by atoms with E-state index in [1.165, 1.54) is 12.8 Å². The van der Waals surface area contributed by atoms with Crippen molar-refractivity contribution in [1.29, 1.82) is 0 Å². The van der Waals surface area contributed by atoms with Crippen molar-refractivity contribution in [1.82, 2.24) is 4.90 Å². The maximum atomic E-state index is 13.7. The van der Waals surface area contributed by atoms with Gasteiger partial charge in [0.05, 0.1) is 12.2 Å². The van der Waals surface area contributed by atoms with Crippen molar-refractivity contribution in [2.45, 2.75) is 32.4 Å². The molecule has 1 amide bonds. The van der Waals surface area contributed by atoms with Gasteiger partial charge in [0.1, 0.15) is 11.6 Å². The van der Waals surface area contributed by atoms with Gasteiger partial charge in [-0.2, -0.15) is 0 Å². The topological polar surface area (TPSA) is 32.3 Å². The predicted molar refractivity (Wildman–Crippen MR) is 94.0 cm³/mol.